The first-order valence-electron chi connectivity index (χ1n) is 5.28. The highest BCUT2D eigenvalue weighted by Gasteiger charge is 2.48. The van der Waals surface area contributed by atoms with Crippen LogP contribution >= 0.6 is 0 Å². The summed E-state index contributed by atoms with van der Waals surface area (Å²) in [6.07, 6.45) is 1.43. The van der Waals surface area contributed by atoms with E-state index < -0.39 is 10.8 Å². The maximum atomic E-state index is 11.7. The second kappa shape index (κ2) is 4.24. The van der Waals surface area contributed by atoms with Crippen LogP contribution < -0.4 is 0 Å². The van der Waals surface area contributed by atoms with Gasteiger partial charge in [0.15, 0.2) is 0 Å². The number of hydrogen-bond donors (Lipinski definition) is 0. The molecule has 0 aliphatic heterocycles. The zero-order valence-electron chi connectivity index (χ0n) is 10.2. The van der Waals surface area contributed by atoms with E-state index in [4.69, 9.17) is 0 Å². The second-order valence-electron chi connectivity index (χ2n) is 4.48. The summed E-state index contributed by atoms with van der Waals surface area (Å²) in [6.45, 7) is 10.9. The maximum Gasteiger partial charge on any atom is 0.136 e. The van der Waals surface area contributed by atoms with Gasteiger partial charge in [0.25, 0.3) is 0 Å². The summed E-state index contributed by atoms with van der Waals surface area (Å²) >= 11 is 0. The molecule has 2 unspecified atom stereocenters. The fourth-order valence-electron chi connectivity index (χ4n) is 2.06. The van der Waals surface area contributed by atoms with Crippen LogP contribution in [0.4, 0.5) is 0 Å². The molecule has 0 aliphatic rings. The van der Waals surface area contributed by atoms with Gasteiger partial charge in [0.1, 0.15) is 11.6 Å². The molecule has 0 heterocycles. The third kappa shape index (κ3) is 1.75. The zero-order chi connectivity index (χ0) is 11.6. The molecule has 14 heavy (non-hydrogen) atoms. The Morgan fingerprint density at radius 3 is 1.14 bits per heavy atom. The van der Waals surface area contributed by atoms with Crippen LogP contribution in [0, 0.1) is 10.8 Å². The molecule has 0 N–H and O–H groups in total. The van der Waals surface area contributed by atoms with E-state index >= 15 is 0 Å². The van der Waals surface area contributed by atoms with Crippen molar-refractivity contribution in [1.82, 2.24) is 0 Å². The van der Waals surface area contributed by atoms with Crippen molar-refractivity contribution in [2.24, 2.45) is 10.8 Å². The van der Waals surface area contributed by atoms with E-state index in [2.05, 4.69) is 0 Å². The van der Waals surface area contributed by atoms with Gasteiger partial charge in [-0.1, -0.05) is 27.7 Å². The number of rotatable bonds is 5. The molecule has 0 radical (unpaired) electrons. The van der Waals surface area contributed by atoms with Crippen LogP contribution in [0.1, 0.15) is 54.4 Å². The Balaban J connectivity index is 5.37. The zero-order valence-corrected chi connectivity index (χ0v) is 10.2. The first-order chi connectivity index (χ1) is 6.26. The monoisotopic (exact) mass is 198 g/mol. The van der Waals surface area contributed by atoms with Crippen molar-refractivity contribution in [2.75, 3.05) is 0 Å². The van der Waals surface area contributed by atoms with Gasteiger partial charge in [0.2, 0.25) is 0 Å². The average Bonchev–Trinajstić information content (AvgIpc) is 2.14. The van der Waals surface area contributed by atoms with E-state index in [1.165, 1.54) is 0 Å². The Kier molecular flexibility index (Phi) is 4.04. The van der Waals surface area contributed by atoms with Crippen LogP contribution in [0.15, 0.2) is 0 Å². The second-order valence-corrected chi connectivity index (χ2v) is 4.48. The van der Waals surface area contributed by atoms with Gasteiger partial charge >= 0.3 is 0 Å². The molecule has 0 amide bonds. The summed E-state index contributed by atoms with van der Waals surface area (Å²) < 4.78 is 0. The molecule has 2 heteroatoms. The molecular weight excluding hydrogens is 176 g/mol. The molecule has 0 aromatic rings. The van der Waals surface area contributed by atoms with Gasteiger partial charge in [-0.2, -0.15) is 0 Å². The third-order valence-electron chi connectivity index (χ3n) is 4.19. The lowest BCUT2D eigenvalue weighted by Crippen LogP contribution is -2.46. The molecule has 0 aromatic heterocycles. The van der Waals surface area contributed by atoms with Gasteiger partial charge in [0.05, 0.1) is 0 Å². The van der Waals surface area contributed by atoms with Crippen LogP contribution in [0.25, 0.3) is 0 Å². The fourth-order valence-corrected chi connectivity index (χ4v) is 2.06. The maximum absolute atomic E-state index is 11.7. The van der Waals surface area contributed by atoms with Gasteiger partial charge in [-0.05, 0) is 26.7 Å². The van der Waals surface area contributed by atoms with Crippen LogP contribution in [-0.4, -0.2) is 11.6 Å². The van der Waals surface area contributed by atoms with E-state index in [0.717, 1.165) is 0 Å². The standard InChI is InChI=1S/C12H22O2/c1-7-11(5,9(3)13)12(6,8-2)10(4)14/h7-8H2,1-6H3. The van der Waals surface area contributed by atoms with Gasteiger partial charge in [-0.3, -0.25) is 9.59 Å². The quantitative estimate of drug-likeness (QED) is 0.680. The van der Waals surface area contributed by atoms with Crippen molar-refractivity contribution in [3.63, 3.8) is 0 Å². The predicted octanol–water partition coefficient (Wildman–Crippen LogP) is 3.00. The van der Waals surface area contributed by atoms with Crippen molar-refractivity contribution in [2.45, 2.75) is 54.4 Å². The first kappa shape index (κ1) is 13.3. The van der Waals surface area contributed by atoms with Crippen molar-refractivity contribution >= 4 is 11.6 Å². The lowest BCUT2D eigenvalue weighted by Gasteiger charge is -2.42. The number of carbonyl (C=O) groups is 2. The fraction of sp³-hybridized carbons (Fsp3) is 0.833. The van der Waals surface area contributed by atoms with Gasteiger partial charge in [0, 0.05) is 10.8 Å². The topological polar surface area (TPSA) is 34.1 Å². The van der Waals surface area contributed by atoms with Gasteiger partial charge in [-0.15, -0.1) is 0 Å². The van der Waals surface area contributed by atoms with Crippen molar-refractivity contribution in [3.05, 3.63) is 0 Å². The molecule has 2 atom stereocenters. The summed E-state index contributed by atoms with van der Waals surface area (Å²) in [5, 5.41) is 0. The molecule has 82 valence electrons. The first-order valence-corrected chi connectivity index (χ1v) is 5.28. The number of hydrogen-bond acceptors (Lipinski definition) is 2. The third-order valence-corrected chi connectivity index (χ3v) is 4.19. The highest BCUT2D eigenvalue weighted by Crippen LogP contribution is 2.45. The summed E-state index contributed by atoms with van der Waals surface area (Å²) in [6, 6.07) is 0. The molecule has 0 aromatic carbocycles. The lowest BCUT2D eigenvalue weighted by molar-refractivity contribution is -0.145. The minimum absolute atomic E-state index is 0.111. The number of carbonyl (C=O) groups excluding carboxylic acids is 2. The molecule has 0 saturated carbocycles. The van der Waals surface area contributed by atoms with E-state index in [1.54, 1.807) is 13.8 Å². The Morgan fingerprint density at radius 2 is 1.07 bits per heavy atom. The smallest absolute Gasteiger partial charge is 0.136 e. The summed E-state index contributed by atoms with van der Waals surface area (Å²) in [5.41, 5.74) is -1.04. The van der Waals surface area contributed by atoms with E-state index in [1.807, 2.05) is 27.7 Å². The summed E-state index contributed by atoms with van der Waals surface area (Å²) in [4.78, 5) is 23.3. The molecule has 0 bridgehead atoms. The normalized spacial score (nSPS) is 19.6. The Morgan fingerprint density at radius 1 is 0.857 bits per heavy atom. The van der Waals surface area contributed by atoms with Gasteiger partial charge < -0.3 is 0 Å². The largest absolute Gasteiger partial charge is 0.299 e. The molecule has 0 aliphatic carbocycles. The molecule has 0 rings (SSSR count). The van der Waals surface area contributed by atoms with Crippen molar-refractivity contribution in [1.29, 1.82) is 0 Å². The van der Waals surface area contributed by atoms with Crippen LogP contribution in [0.5, 0.6) is 0 Å². The predicted molar refractivity (Wildman–Crippen MR) is 58.2 cm³/mol. The minimum Gasteiger partial charge on any atom is -0.299 e. The number of ketones is 2. The molecule has 2 nitrogen and oxygen atoms in total. The van der Waals surface area contributed by atoms with E-state index in [-0.39, 0.29) is 11.6 Å². The Labute approximate surface area is 87.1 Å². The Hall–Kier alpha value is -0.660. The summed E-state index contributed by atoms with van der Waals surface area (Å²) in [7, 11) is 0. The lowest BCUT2D eigenvalue weighted by atomic mass is 9.59. The molecule has 0 saturated heterocycles. The highest BCUT2D eigenvalue weighted by molar-refractivity contribution is 5.92. The van der Waals surface area contributed by atoms with Crippen molar-refractivity contribution < 1.29 is 9.59 Å². The Bertz CT molecular complexity index is 219. The molecular formula is C12H22O2. The van der Waals surface area contributed by atoms with E-state index in [0.29, 0.717) is 12.8 Å². The number of Topliss-reactive ketones (excluding diaryl/α,β-unsaturated/α-hetero) is 2. The van der Waals surface area contributed by atoms with Crippen LogP contribution in [0.3, 0.4) is 0 Å². The molecule has 0 spiro atoms. The van der Waals surface area contributed by atoms with Crippen LogP contribution in [-0.2, 0) is 9.59 Å². The van der Waals surface area contributed by atoms with Crippen molar-refractivity contribution in [3.8, 4) is 0 Å². The highest BCUT2D eigenvalue weighted by atomic mass is 16.1. The van der Waals surface area contributed by atoms with Crippen LogP contribution in [0.2, 0.25) is 0 Å². The molecule has 0 fully saturated rings. The summed E-state index contributed by atoms with van der Waals surface area (Å²) in [5.74, 6) is 0.221. The van der Waals surface area contributed by atoms with E-state index in [9.17, 15) is 9.59 Å². The SMILES string of the molecule is CCC(C)(C(C)=O)C(C)(CC)C(C)=O. The van der Waals surface area contributed by atoms with Gasteiger partial charge in [-0.25, -0.2) is 0 Å². The average molecular weight is 198 g/mol. The minimum atomic E-state index is -0.520.